The van der Waals surface area contributed by atoms with E-state index in [2.05, 4.69) is 33.4 Å². The lowest BCUT2D eigenvalue weighted by Crippen LogP contribution is -2.44. The molecule has 0 radical (unpaired) electrons. The smallest absolute Gasteiger partial charge is 0.0167 e. The molecule has 2 atom stereocenters. The molecule has 1 saturated carbocycles. The number of fused-ring (bicyclic) bond motifs is 1. The highest BCUT2D eigenvalue weighted by atomic mass is 14.5. The van der Waals surface area contributed by atoms with Crippen molar-refractivity contribution in [2.45, 2.75) is 52.9 Å². The standard InChI is InChI=1S/C15H24/c1-11-6-5-7-12(2)13-10-15(3,4)14(13)9-8-11/h6,13-14H,2,5,7-10H2,1,3-4H3/b11-6-/t13-,14+/m0/s1. The Kier molecular flexibility index (Phi) is 2.79. The van der Waals surface area contributed by atoms with Gasteiger partial charge in [-0.2, -0.15) is 0 Å². The first kappa shape index (κ1) is 11.0. The molecule has 0 heterocycles. The Morgan fingerprint density at radius 3 is 2.73 bits per heavy atom. The van der Waals surface area contributed by atoms with Crippen LogP contribution >= 0.6 is 0 Å². The van der Waals surface area contributed by atoms with E-state index < -0.39 is 0 Å². The van der Waals surface area contributed by atoms with Crippen LogP contribution in [0, 0.1) is 17.3 Å². The molecule has 0 spiro atoms. The molecule has 84 valence electrons. The van der Waals surface area contributed by atoms with Crippen molar-refractivity contribution in [2.75, 3.05) is 0 Å². The molecule has 0 aromatic rings. The lowest BCUT2D eigenvalue weighted by atomic mass is 9.52. The van der Waals surface area contributed by atoms with Gasteiger partial charge in [-0.3, -0.25) is 0 Å². The Balaban J connectivity index is 2.12. The average Bonchev–Trinajstić information content (AvgIpc) is 2.18. The van der Waals surface area contributed by atoms with Gasteiger partial charge in [0.25, 0.3) is 0 Å². The monoisotopic (exact) mass is 204 g/mol. The van der Waals surface area contributed by atoms with Crippen LogP contribution in [0.1, 0.15) is 52.9 Å². The first-order valence-electron chi connectivity index (χ1n) is 6.34. The Bertz CT molecular complexity index is 293. The zero-order valence-electron chi connectivity index (χ0n) is 10.5. The van der Waals surface area contributed by atoms with Crippen LogP contribution in [0.4, 0.5) is 0 Å². The van der Waals surface area contributed by atoms with Gasteiger partial charge in [0.05, 0.1) is 0 Å². The van der Waals surface area contributed by atoms with Crippen molar-refractivity contribution in [2.24, 2.45) is 17.3 Å². The van der Waals surface area contributed by atoms with Crippen LogP contribution in [-0.2, 0) is 0 Å². The van der Waals surface area contributed by atoms with Gasteiger partial charge < -0.3 is 0 Å². The van der Waals surface area contributed by atoms with E-state index in [-0.39, 0.29) is 0 Å². The van der Waals surface area contributed by atoms with Crippen LogP contribution in [0.15, 0.2) is 23.8 Å². The molecular weight excluding hydrogens is 180 g/mol. The molecule has 0 nitrogen and oxygen atoms in total. The molecule has 15 heavy (non-hydrogen) atoms. The minimum Gasteiger partial charge on any atom is -0.0996 e. The molecule has 2 aliphatic carbocycles. The van der Waals surface area contributed by atoms with Gasteiger partial charge in [0.15, 0.2) is 0 Å². The van der Waals surface area contributed by atoms with Gasteiger partial charge in [-0.15, -0.1) is 0 Å². The molecule has 0 heteroatoms. The first-order valence-corrected chi connectivity index (χ1v) is 6.34. The molecule has 0 amide bonds. The van der Waals surface area contributed by atoms with Crippen molar-refractivity contribution in [3.63, 3.8) is 0 Å². The number of rotatable bonds is 0. The molecule has 0 N–H and O–H groups in total. The maximum absolute atomic E-state index is 4.30. The van der Waals surface area contributed by atoms with Crippen LogP contribution in [0.25, 0.3) is 0 Å². The van der Waals surface area contributed by atoms with Crippen molar-refractivity contribution in [3.05, 3.63) is 23.8 Å². The highest BCUT2D eigenvalue weighted by Gasteiger charge is 2.47. The summed E-state index contributed by atoms with van der Waals surface area (Å²) in [5.74, 6) is 1.73. The lowest BCUT2D eigenvalue weighted by molar-refractivity contribution is 0.00384. The number of hydrogen-bond donors (Lipinski definition) is 0. The molecule has 0 aromatic heterocycles. The highest BCUT2D eigenvalue weighted by Crippen LogP contribution is 2.56. The second-order valence-electron chi connectivity index (χ2n) is 6.19. The molecule has 2 rings (SSSR count). The van der Waals surface area contributed by atoms with Gasteiger partial charge in [0.1, 0.15) is 0 Å². The Morgan fingerprint density at radius 1 is 1.33 bits per heavy atom. The predicted octanol–water partition coefficient (Wildman–Crippen LogP) is 4.73. The summed E-state index contributed by atoms with van der Waals surface area (Å²) in [4.78, 5) is 0. The normalized spacial score (nSPS) is 38.9. The molecule has 0 unspecified atom stereocenters. The van der Waals surface area contributed by atoms with Gasteiger partial charge in [0.2, 0.25) is 0 Å². The van der Waals surface area contributed by atoms with E-state index in [1.165, 1.54) is 37.7 Å². The summed E-state index contributed by atoms with van der Waals surface area (Å²) >= 11 is 0. The van der Waals surface area contributed by atoms with E-state index in [1.54, 1.807) is 5.57 Å². The molecular formula is C15H24. The van der Waals surface area contributed by atoms with Crippen molar-refractivity contribution in [1.29, 1.82) is 0 Å². The zero-order valence-corrected chi connectivity index (χ0v) is 10.5. The Hall–Kier alpha value is -0.520. The van der Waals surface area contributed by atoms with Crippen LogP contribution in [0.5, 0.6) is 0 Å². The van der Waals surface area contributed by atoms with Crippen molar-refractivity contribution < 1.29 is 0 Å². The predicted molar refractivity (Wildman–Crippen MR) is 66.7 cm³/mol. The van der Waals surface area contributed by atoms with Gasteiger partial charge >= 0.3 is 0 Å². The quantitative estimate of drug-likeness (QED) is 0.501. The van der Waals surface area contributed by atoms with Gasteiger partial charge in [-0.25, -0.2) is 0 Å². The molecule has 1 fully saturated rings. The van der Waals surface area contributed by atoms with Gasteiger partial charge in [-0.05, 0) is 56.3 Å². The summed E-state index contributed by atoms with van der Waals surface area (Å²) in [5.41, 5.74) is 3.68. The summed E-state index contributed by atoms with van der Waals surface area (Å²) in [6.07, 6.45) is 8.90. The second kappa shape index (κ2) is 3.81. The summed E-state index contributed by atoms with van der Waals surface area (Å²) in [6.45, 7) is 11.4. The number of hydrogen-bond acceptors (Lipinski definition) is 0. The maximum Gasteiger partial charge on any atom is -0.0167 e. The third-order valence-electron chi connectivity index (χ3n) is 4.57. The highest BCUT2D eigenvalue weighted by molar-refractivity contribution is 5.16. The summed E-state index contributed by atoms with van der Waals surface area (Å²) < 4.78 is 0. The van der Waals surface area contributed by atoms with Crippen LogP contribution < -0.4 is 0 Å². The Labute approximate surface area is 94.5 Å². The third kappa shape index (κ3) is 2.04. The first-order chi connectivity index (χ1) is 7.00. The topological polar surface area (TPSA) is 0 Å². The fourth-order valence-corrected chi connectivity index (χ4v) is 3.44. The summed E-state index contributed by atoms with van der Waals surface area (Å²) in [6, 6.07) is 0. The zero-order chi connectivity index (χ0) is 11.1. The molecule has 2 aliphatic rings. The fourth-order valence-electron chi connectivity index (χ4n) is 3.44. The average molecular weight is 204 g/mol. The molecule has 0 aromatic carbocycles. The molecule has 0 bridgehead atoms. The van der Waals surface area contributed by atoms with Crippen LogP contribution in [-0.4, -0.2) is 0 Å². The minimum atomic E-state index is 0.568. The molecule has 0 aliphatic heterocycles. The van der Waals surface area contributed by atoms with E-state index >= 15 is 0 Å². The van der Waals surface area contributed by atoms with E-state index in [4.69, 9.17) is 0 Å². The van der Waals surface area contributed by atoms with Crippen molar-refractivity contribution >= 4 is 0 Å². The lowest BCUT2D eigenvalue weighted by Gasteiger charge is -2.53. The van der Waals surface area contributed by atoms with Crippen molar-refractivity contribution in [3.8, 4) is 0 Å². The Morgan fingerprint density at radius 2 is 2.07 bits per heavy atom. The van der Waals surface area contributed by atoms with E-state index in [9.17, 15) is 0 Å². The third-order valence-corrected chi connectivity index (χ3v) is 4.57. The summed E-state index contributed by atoms with van der Waals surface area (Å²) in [5, 5.41) is 0. The number of allylic oxidation sites excluding steroid dienone is 3. The van der Waals surface area contributed by atoms with Crippen LogP contribution in [0.2, 0.25) is 0 Å². The van der Waals surface area contributed by atoms with Crippen molar-refractivity contribution in [1.82, 2.24) is 0 Å². The second-order valence-corrected chi connectivity index (χ2v) is 6.19. The van der Waals surface area contributed by atoms with Crippen LogP contribution in [0.3, 0.4) is 0 Å². The van der Waals surface area contributed by atoms with Gasteiger partial charge in [-0.1, -0.05) is 37.6 Å². The van der Waals surface area contributed by atoms with E-state index in [1.807, 2.05) is 0 Å². The molecule has 0 saturated heterocycles. The van der Waals surface area contributed by atoms with E-state index in [0.29, 0.717) is 5.41 Å². The largest absolute Gasteiger partial charge is 0.0996 e. The summed E-state index contributed by atoms with van der Waals surface area (Å²) in [7, 11) is 0. The maximum atomic E-state index is 4.30. The van der Waals surface area contributed by atoms with Gasteiger partial charge in [0, 0.05) is 0 Å². The fraction of sp³-hybridized carbons (Fsp3) is 0.733. The van der Waals surface area contributed by atoms with E-state index in [0.717, 1.165) is 11.8 Å². The SMILES string of the molecule is C=C1CC/C=C(/C)CC[C@@H]2[C@H]1CC2(C)C. The minimum absolute atomic E-state index is 0.568.